The Kier molecular flexibility index (Phi) is 5.89. The molecule has 0 amide bonds. The van der Waals surface area contributed by atoms with Crippen molar-refractivity contribution >= 4 is 19.3 Å². The van der Waals surface area contributed by atoms with E-state index >= 15 is 0 Å². The van der Waals surface area contributed by atoms with E-state index in [9.17, 15) is 4.79 Å². The average molecular weight is 191 g/mol. The number of hydrogen-bond donors (Lipinski definition) is 1. The van der Waals surface area contributed by atoms with Crippen LogP contribution in [0.15, 0.2) is 0 Å². The Morgan fingerprint density at radius 1 is 1.25 bits per heavy atom. The summed E-state index contributed by atoms with van der Waals surface area (Å²) in [4.78, 5) is 11.5. The smallest absolute Gasteiger partial charge is 0.155 e. The average Bonchev–Trinajstić information content (AvgIpc) is 1.82. The first-order valence-corrected chi connectivity index (χ1v) is 4.06. The summed E-state index contributed by atoms with van der Waals surface area (Å²) >= 11 is 0. The monoisotopic (exact) mass is 191 g/mol. The fraction of sp³-hybridized carbons (Fsp3) is 0.889. The number of ketones is 1. The Morgan fingerprint density at radius 3 is 1.67 bits per heavy atom. The molecule has 2 N–H and O–H groups in total. The van der Waals surface area contributed by atoms with Gasteiger partial charge in [0.1, 0.15) is 0 Å². The van der Waals surface area contributed by atoms with E-state index in [0.717, 1.165) is 0 Å². The van der Waals surface area contributed by atoms with E-state index in [2.05, 4.69) is 0 Å². The Hall–Kier alpha value is -0.0200. The Labute approximate surface area is 82.4 Å². The SMILES string of the molecule is CC(C)[C@H](N)C(=O)C(C)(C)C.S. The van der Waals surface area contributed by atoms with Crippen LogP contribution in [0.5, 0.6) is 0 Å². The van der Waals surface area contributed by atoms with Crippen LogP contribution in [-0.4, -0.2) is 11.8 Å². The van der Waals surface area contributed by atoms with E-state index in [0.29, 0.717) is 0 Å². The summed E-state index contributed by atoms with van der Waals surface area (Å²) in [6.07, 6.45) is 0. The Balaban J connectivity index is 0. The van der Waals surface area contributed by atoms with Crippen LogP contribution in [0.3, 0.4) is 0 Å². The maximum Gasteiger partial charge on any atom is 0.155 e. The molecule has 0 spiro atoms. The van der Waals surface area contributed by atoms with Crippen LogP contribution >= 0.6 is 13.5 Å². The molecule has 0 fully saturated rings. The third kappa shape index (κ3) is 4.12. The minimum absolute atomic E-state index is 0. The maximum absolute atomic E-state index is 11.5. The molecule has 2 nitrogen and oxygen atoms in total. The van der Waals surface area contributed by atoms with Crippen molar-refractivity contribution in [2.75, 3.05) is 0 Å². The molecule has 0 aliphatic heterocycles. The number of Topliss-reactive ketones (excluding diaryl/α,β-unsaturated/α-hetero) is 1. The van der Waals surface area contributed by atoms with Crippen LogP contribution in [0.4, 0.5) is 0 Å². The number of hydrogen-bond acceptors (Lipinski definition) is 2. The third-order valence-electron chi connectivity index (χ3n) is 1.76. The lowest BCUT2D eigenvalue weighted by Crippen LogP contribution is -2.42. The van der Waals surface area contributed by atoms with Crippen molar-refractivity contribution in [1.29, 1.82) is 0 Å². The number of carbonyl (C=O) groups is 1. The lowest BCUT2D eigenvalue weighted by molar-refractivity contribution is -0.128. The molecule has 0 aliphatic carbocycles. The van der Waals surface area contributed by atoms with Gasteiger partial charge in [0.2, 0.25) is 0 Å². The predicted octanol–water partition coefficient (Wildman–Crippen LogP) is 1.70. The van der Waals surface area contributed by atoms with Crippen molar-refractivity contribution in [2.24, 2.45) is 17.1 Å². The molecule has 0 saturated carbocycles. The zero-order chi connectivity index (χ0) is 9.23. The minimum atomic E-state index is -0.310. The standard InChI is InChI=1S/C9H19NO.H2S/c1-6(2)7(10)8(11)9(3,4)5;/h6-7H,10H2,1-5H3;1H2/t7-;/m0./s1. The molecule has 0 bridgehead atoms. The Morgan fingerprint density at radius 2 is 1.58 bits per heavy atom. The van der Waals surface area contributed by atoms with E-state index in [1.165, 1.54) is 0 Å². The molecule has 0 aromatic rings. The molecule has 1 atom stereocenters. The fourth-order valence-corrected chi connectivity index (χ4v) is 0.803. The second kappa shape index (κ2) is 4.87. The van der Waals surface area contributed by atoms with Crippen molar-refractivity contribution in [3.63, 3.8) is 0 Å². The highest BCUT2D eigenvalue weighted by Gasteiger charge is 2.28. The van der Waals surface area contributed by atoms with Crippen LogP contribution in [-0.2, 0) is 4.79 Å². The second-order valence-corrected chi connectivity index (χ2v) is 4.38. The van der Waals surface area contributed by atoms with E-state index in [-0.39, 0.29) is 36.7 Å². The fourth-order valence-electron chi connectivity index (χ4n) is 0.803. The van der Waals surface area contributed by atoms with E-state index in [4.69, 9.17) is 5.73 Å². The number of carbonyl (C=O) groups excluding carboxylic acids is 1. The zero-order valence-corrected chi connectivity index (χ0v) is 9.64. The molecule has 12 heavy (non-hydrogen) atoms. The van der Waals surface area contributed by atoms with Gasteiger partial charge >= 0.3 is 0 Å². The van der Waals surface area contributed by atoms with Gasteiger partial charge in [-0.2, -0.15) is 13.5 Å². The highest BCUT2D eigenvalue weighted by atomic mass is 32.1. The van der Waals surface area contributed by atoms with Gasteiger partial charge in [-0.3, -0.25) is 4.79 Å². The molecule has 0 heterocycles. The first-order chi connectivity index (χ1) is 4.76. The molecule has 0 aromatic carbocycles. The maximum atomic E-state index is 11.5. The largest absolute Gasteiger partial charge is 0.321 e. The lowest BCUT2D eigenvalue weighted by atomic mass is 9.83. The zero-order valence-electron chi connectivity index (χ0n) is 8.64. The van der Waals surface area contributed by atoms with Crippen molar-refractivity contribution in [3.8, 4) is 0 Å². The van der Waals surface area contributed by atoms with Crippen LogP contribution in [0.25, 0.3) is 0 Å². The molecule has 0 aliphatic rings. The van der Waals surface area contributed by atoms with E-state index in [1.807, 2.05) is 34.6 Å². The van der Waals surface area contributed by atoms with Gasteiger partial charge in [-0.1, -0.05) is 34.6 Å². The summed E-state index contributed by atoms with van der Waals surface area (Å²) in [5, 5.41) is 0. The third-order valence-corrected chi connectivity index (χ3v) is 1.76. The van der Waals surface area contributed by atoms with Crippen LogP contribution in [0, 0.1) is 11.3 Å². The van der Waals surface area contributed by atoms with Crippen LogP contribution < -0.4 is 5.73 Å². The van der Waals surface area contributed by atoms with Gasteiger partial charge in [0.15, 0.2) is 5.78 Å². The molecular formula is C9H21NOS. The lowest BCUT2D eigenvalue weighted by Gasteiger charge is -2.23. The van der Waals surface area contributed by atoms with Crippen molar-refractivity contribution in [2.45, 2.75) is 40.7 Å². The van der Waals surface area contributed by atoms with Gasteiger partial charge in [-0.15, -0.1) is 0 Å². The molecule has 74 valence electrons. The molecule has 0 radical (unpaired) electrons. The van der Waals surface area contributed by atoms with Gasteiger partial charge < -0.3 is 5.73 Å². The Bertz CT molecular complexity index is 149. The molecule has 0 unspecified atom stereocenters. The molecule has 3 heteroatoms. The van der Waals surface area contributed by atoms with Gasteiger partial charge in [-0.25, -0.2) is 0 Å². The van der Waals surface area contributed by atoms with Crippen molar-refractivity contribution < 1.29 is 4.79 Å². The van der Waals surface area contributed by atoms with Crippen molar-refractivity contribution in [1.82, 2.24) is 0 Å². The highest BCUT2D eigenvalue weighted by Crippen LogP contribution is 2.18. The summed E-state index contributed by atoms with van der Waals surface area (Å²) in [6.45, 7) is 9.63. The first-order valence-electron chi connectivity index (χ1n) is 4.06. The normalized spacial score (nSPS) is 13.9. The summed E-state index contributed by atoms with van der Waals surface area (Å²) < 4.78 is 0. The van der Waals surface area contributed by atoms with Gasteiger partial charge in [-0.05, 0) is 5.92 Å². The molecule has 0 aromatic heterocycles. The predicted molar refractivity (Wildman–Crippen MR) is 57.7 cm³/mol. The van der Waals surface area contributed by atoms with Crippen molar-refractivity contribution in [3.05, 3.63) is 0 Å². The number of nitrogens with two attached hydrogens (primary N) is 1. The summed E-state index contributed by atoms with van der Waals surface area (Å²) in [6, 6.07) is -0.310. The molecule has 0 saturated heterocycles. The molecule has 0 rings (SSSR count). The van der Waals surface area contributed by atoms with Crippen LogP contribution in [0.1, 0.15) is 34.6 Å². The quantitative estimate of drug-likeness (QED) is 0.722. The van der Waals surface area contributed by atoms with E-state index in [1.54, 1.807) is 0 Å². The summed E-state index contributed by atoms with van der Waals surface area (Å²) in [5.74, 6) is 0.384. The summed E-state index contributed by atoms with van der Waals surface area (Å²) in [5.41, 5.74) is 5.39. The van der Waals surface area contributed by atoms with Crippen LogP contribution in [0.2, 0.25) is 0 Å². The second-order valence-electron chi connectivity index (χ2n) is 4.38. The van der Waals surface area contributed by atoms with Gasteiger partial charge in [0.05, 0.1) is 6.04 Å². The molecular weight excluding hydrogens is 170 g/mol. The first kappa shape index (κ1) is 14.5. The van der Waals surface area contributed by atoms with Gasteiger partial charge in [0.25, 0.3) is 0 Å². The number of rotatable bonds is 2. The summed E-state index contributed by atoms with van der Waals surface area (Å²) in [7, 11) is 0. The van der Waals surface area contributed by atoms with Gasteiger partial charge in [0, 0.05) is 5.41 Å². The highest BCUT2D eigenvalue weighted by molar-refractivity contribution is 7.59. The topological polar surface area (TPSA) is 43.1 Å². The minimum Gasteiger partial charge on any atom is -0.321 e. The van der Waals surface area contributed by atoms with E-state index < -0.39 is 0 Å².